The van der Waals surface area contributed by atoms with Crippen LogP contribution in [-0.4, -0.2) is 0 Å². The van der Waals surface area contributed by atoms with Gasteiger partial charge in [-0.1, -0.05) is 44.0 Å². The van der Waals surface area contributed by atoms with Crippen LogP contribution in [0.3, 0.4) is 0 Å². The maximum atomic E-state index is 9.19. The summed E-state index contributed by atoms with van der Waals surface area (Å²) in [5.41, 5.74) is 2.61. The standard InChI is InChI=1S/C15H11Br2NO/c1-10-2-4-13(17)7-15(10)19-14-5-3-11(8-16)6-12(14)9-18/h2-7H,8H2,1H3. The van der Waals surface area contributed by atoms with Gasteiger partial charge in [0.1, 0.15) is 17.6 Å². The Morgan fingerprint density at radius 1 is 1.16 bits per heavy atom. The molecule has 0 saturated carbocycles. The zero-order valence-corrected chi connectivity index (χ0v) is 13.5. The van der Waals surface area contributed by atoms with Crippen LogP contribution < -0.4 is 4.74 Å². The van der Waals surface area contributed by atoms with Crippen molar-refractivity contribution in [2.75, 3.05) is 0 Å². The average Bonchev–Trinajstić information content (AvgIpc) is 2.43. The van der Waals surface area contributed by atoms with Gasteiger partial charge in [0, 0.05) is 9.80 Å². The molecular formula is C15H11Br2NO. The van der Waals surface area contributed by atoms with Gasteiger partial charge in [0.25, 0.3) is 0 Å². The van der Waals surface area contributed by atoms with Gasteiger partial charge in [-0.05, 0) is 42.3 Å². The molecule has 0 unspecified atom stereocenters. The second kappa shape index (κ2) is 6.23. The zero-order valence-electron chi connectivity index (χ0n) is 10.3. The molecule has 2 aromatic rings. The summed E-state index contributed by atoms with van der Waals surface area (Å²) in [6.45, 7) is 1.97. The molecule has 0 radical (unpaired) electrons. The number of benzene rings is 2. The smallest absolute Gasteiger partial charge is 0.145 e. The SMILES string of the molecule is Cc1ccc(Br)cc1Oc1ccc(CBr)cc1C#N. The van der Waals surface area contributed by atoms with E-state index in [1.807, 2.05) is 43.3 Å². The molecule has 2 nitrogen and oxygen atoms in total. The third-order valence-electron chi connectivity index (χ3n) is 2.69. The fourth-order valence-electron chi connectivity index (χ4n) is 1.64. The first-order chi connectivity index (χ1) is 9.13. The maximum Gasteiger partial charge on any atom is 0.145 e. The van der Waals surface area contributed by atoms with Gasteiger partial charge in [0.05, 0.1) is 5.56 Å². The van der Waals surface area contributed by atoms with E-state index in [1.54, 1.807) is 0 Å². The van der Waals surface area contributed by atoms with E-state index in [0.717, 1.165) is 26.7 Å². The summed E-state index contributed by atoms with van der Waals surface area (Å²) in [6, 6.07) is 13.6. The van der Waals surface area contributed by atoms with Crippen LogP contribution in [0.5, 0.6) is 11.5 Å². The van der Waals surface area contributed by atoms with Crippen molar-refractivity contribution in [3.8, 4) is 17.6 Å². The molecule has 0 spiro atoms. The highest BCUT2D eigenvalue weighted by Gasteiger charge is 2.08. The molecule has 0 bridgehead atoms. The molecule has 0 fully saturated rings. The van der Waals surface area contributed by atoms with Crippen LogP contribution in [0.25, 0.3) is 0 Å². The molecule has 0 aliphatic heterocycles. The number of hydrogen-bond acceptors (Lipinski definition) is 2. The molecule has 0 aliphatic rings. The Hall–Kier alpha value is -1.31. The Bertz CT molecular complexity index is 647. The lowest BCUT2D eigenvalue weighted by molar-refractivity contribution is 0.477. The van der Waals surface area contributed by atoms with Gasteiger partial charge in [0.15, 0.2) is 0 Å². The minimum absolute atomic E-state index is 0.538. The summed E-state index contributed by atoms with van der Waals surface area (Å²) in [6.07, 6.45) is 0. The largest absolute Gasteiger partial charge is 0.456 e. The van der Waals surface area contributed by atoms with Crippen LogP contribution in [-0.2, 0) is 5.33 Å². The Morgan fingerprint density at radius 2 is 1.95 bits per heavy atom. The van der Waals surface area contributed by atoms with Crippen LogP contribution in [0.15, 0.2) is 40.9 Å². The highest BCUT2D eigenvalue weighted by molar-refractivity contribution is 9.10. The molecule has 0 atom stereocenters. The number of halogens is 2. The van der Waals surface area contributed by atoms with E-state index in [1.165, 1.54) is 0 Å². The molecule has 19 heavy (non-hydrogen) atoms. The molecule has 0 N–H and O–H groups in total. The van der Waals surface area contributed by atoms with Crippen molar-refractivity contribution in [2.24, 2.45) is 0 Å². The van der Waals surface area contributed by atoms with Gasteiger partial charge in [-0.2, -0.15) is 5.26 Å². The van der Waals surface area contributed by atoms with Crippen molar-refractivity contribution in [3.05, 3.63) is 57.6 Å². The number of alkyl halides is 1. The van der Waals surface area contributed by atoms with Crippen LogP contribution in [0, 0.1) is 18.3 Å². The van der Waals surface area contributed by atoms with Crippen LogP contribution in [0.4, 0.5) is 0 Å². The van der Waals surface area contributed by atoms with Gasteiger partial charge in [-0.15, -0.1) is 0 Å². The highest BCUT2D eigenvalue weighted by Crippen LogP contribution is 2.30. The minimum atomic E-state index is 0.538. The zero-order chi connectivity index (χ0) is 13.8. The first kappa shape index (κ1) is 14.1. The lowest BCUT2D eigenvalue weighted by Gasteiger charge is -2.11. The minimum Gasteiger partial charge on any atom is -0.456 e. The van der Waals surface area contributed by atoms with Crippen LogP contribution in [0.1, 0.15) is 16.7 Å². The molecular weight excluding hydrogens is 370 g/mol. The average molecular weight is 381 g/mol. The van der Waals surface area contributed by atoms with Crippen molar-refractivity contribution in [1.82, 2.24) is 0 Å². The molecule has 2 rings (SSSR count). The van der Waals surface area contributed by atoms with Gasteiger partial charge in [0.2, 0.25) is 0 Å². The van der Waals surface area contributed by atoms with E-state index in [-0.39, 0.29) is 0 Å². The molecule has 0 amide bonds. The van der Waals surface area contributed by atoms with Gasteiger partial charge in [-0.3, -0.25) is 0 Å². The number of hydrogen-bond donors (Lipinski definition) is 0. The van der Waals surface area contributed by atoms with Crippen molar-refractivity contribution in [3.63, 3.8) is 0 Å². The Morgan fingerprint density at radius 3 is 2.63 bits per heavy atom. The monoisotopic (exact) mass is 379 g/mol. The quantitative estimate of drug-likeness (QED) is 0.675. The van der Waals surface area contributed by atoms with Crippen molar-refractivity contribution >= 4 is 31.9 Å². The lowest BCUT2D eigenvalue weighted by atomic mass is 10.1. The number of rotatable bonds is 3. The summed E-state index contributed by atoms with van der Waals surface area (Å²) in [4.78, 5) is 0. The van der Waals surface area contributed by atoms with E-state index in [9.17, 15) is 5.26 Å². The summed E-state index contributed by atoms with van der Waals surface area (Å²) < 4.78 is 6.79. The topological polar surface area (TPSA) is 33.0 Å². The van der Waals surface area contributed by atoms with E-state index in [0.29, 0.717) is 11.3 Å². The summed E-state index contributed by atoms with van der Waals surface area (Å²) in [5.74, 6) is 1.32. The summed E-state index contributed by atoms with van der Waals surface area (Å²) in [5, 5.41) is 9.91. The predicted molar refractivity (Wildman–Crippen MR) is 82.7 cm³/mol. The normalized spacial score (nSPS) is 10.0. The molecule has 2 aromatic carbocycles. The molecule has 4 heteroatoms. The van der Waals surface area contributed by atoms with E-state index in [2.05, 4.69) is 37.9 Å². The fraction of sp³-hybridized carbons (Fsp3) is 0.133. The van der Waals surface area contributed by atoms with E-state index < -0.39 is 0 Å². The van der Waals surface area contributed by atoms with Crippen LogP contribution in [0.2, 0.25) is 0 Å². The van der Waals surface area contributed by atoms with Gasteiger partial charge >= 0.3 is 0 Å². The first-order valence-corrected chi connectivity index (χ1v) is 7.58. The second-order valence-corrected chi connectivity index (χ2v) is 5.56. The Kier molecular flexibility index (Phi) is 4.62. The van der Waals surface area contributed by atoms with Crippen molar-refractivity contribution < 1.29 is 4.74 Å². The molecule has 0 heterocycles. The molecule has 0 aromatic heterocycles. The third-order valence-corrected chi connectivity index (χ3v) is 3.83. The van der Waals surface area contributed by atoms with Crippen LogP contribution >= 0.6 is 31.9 Å². The first-order valence-electron chi connectivity index (χ1n) is 5.67. The molecule has 0 saturated heterocycles. The Balaban J connectivity index is 2.38. The molecule has 96 valence electrons. The van der Waals surface area contributed by atoms with E-state index in [4.69, 9.17) is 4.74 Å². The number of ether oxygens (including phenoxy) is 1. The Labute approximate surface area is 129 Å². The fourth-order valence-corrected chi connectivity index (χ4v) is 2.33. The number of nitriles is 1. The number of aryl methyl sites for hydroxylation is 1. The predicted octanol–water partition coefficient (Wildman–Crippen LogP) is 5.32. The number of nitrogens with zero attached hydrogens (tertiary/aromatic N) is 1. The van der Waals surface area contributed by atoms with Crippen molar-refractivity contribution in [2.45, 2.75) is 12.3 Å². The maximum absolute atomic E-state index is 9.19. The van der Waals surface area contributed by atoms with E-state index >= 15 is 0 Å². The van der Waals surface area contributed by atoms with Gasteiger partial charge < -0.3 is 4.74 Å². The molecule has 0 aliphatic carbocycles. The van der Waals surface area contributed by atoms with Crippen molar-refractivity contribution in [1.29, 1.82) is 5.26 Å². The second-order valence-electron chi connectivity index (χ2n) is 4.09. The third kappa shape index (κ3) is 3.37. The van der Waals surface area contributed by atoms with Gasteiger partial charge in [-0.25, -0.2) is 0 Å². The summed E-state index contributed by atoms with van der Waals surface area (Å²) in [7, 11) is 0. The highest BCUT2D eigenvalue weighted by atomic mass is 79.9. The summed E-state index contributed by atoms with van der Waals surface area (Å²) >= 11 is 6.79. The lowest BCUT2D eigenvalue weighted by Crippen LogP contribution is -1.92.